The maximum absolute atomic E-state index is 12.5. The average molecular weight is 397 g/mol. The summed E-state index contributed by atoms with van der Waals surface area (Å²) in [6.45, 7) is 0. The van der Waals surface area contributed by atoms with Gasteiger partial charge in [0.15, 0.2) is 5.58 Å². The van der Waals surface area contributed by atoms with Gasteiger partial charge in [0.1, 0.15) is 5.75 Å². The van der Waals surface area contributed by atoms with Gasteiger partial charge >= 0.3 is 5.76 Å². The van der Waals surface area contributed by atoms with E-state index in [4.69, 9.17) is 9.15 Å². The minimum atomic E-state index is -3.95. The number of hydrogen-bond acceptors (Lipinski definition) is 6. The van der Waals surface area contributed by atoms with E-state index in [1.165, 1.54) is 31.5 Å². The Balaban J connectivity index is 1.67. The largest absolute Gasteiger partial charge is 0.496 e. The van der Waals surface area contributed by atoms with Crippen LogP contribution in [0.2, 0.25) is 0 Å². The molecule has 1 aromatic heterocycles. The number of aromatic amines is 1. The van der Waals surface area contributed by atoms with E-state index >= 15 is 0 Å². The van der Waals surface area contributed by atoms with Gasteiger partial charge in [0.25, 0.3) is 10.0 Å². The molecule has 4 rings (SSSR count). The zero-order valence-electron chi connectivity index (χ0n) is 14.7. The van der Waals surface area contributed by atoms with Gasteiger partial charge in [-0.25, -0.2) is 9.63 Å². The van der Waals surface area contributed by atoms with Gasteiger partial charge in [-0.1, -0.05) is 30.3 Å². The highest BCUT2D eigenvalue weighted by atomic mass is 32.2. The summed E-state index contributed by atoms with van der Waals surface area (Å²) in [6.07, 6.45) is 1.40. The highest BCUT2D eigenvalue weighted by Gasteiger charge is 2.15. The fourth-order valence-corrected chi connectivity index (χ4v) is 3.70. The first-order valence-electron chi connectivity index (χ1n) is 8.21. The molecule has 0 saturated heterocycles. The van der Waals surface area contributed by atoms with Crippen LogP contribution in [-0.2, 0) is 10.0 Å². The first-order chi connectivity index (χ1) is 13.5. The maximum Gasteiger partial charge on any atom is 0.417 e. The molecule has 0 spiro atoms. The lowest BCUT2D eigenvalue weighted by Crippen LogP contribution is -2.18. The molecule has 0 aliphatic rings. The Hall–Kier alpha value is -3.59. The number of nitrogens with zero attached hydrogens (tertiary/aromatic N) is 1. The second kappa shape index (κ2) is 6.86. The standard InChI is InChI=1S/C19H15N3O5S/c1-26-17-9-6-12-4-2-3-5-14(12)15(17)11-20-22-28(24,25)13-7-8-16-18(10-13)27-19(23)21-16/h2-11,22H,1H3,(H,21,23)/b20-11+. The summed E-state index contributed by atoms with van der Waals surface area (Å²) >= 11 is 0. The number of hydrogen-bond donors (Lipinski definition) is 2. The first kappa shape index (κ1) is 17.8. The zero-order chi connectivity index (χ0) is 19.7. The Morgan fingerprint density at radius 3 is 2.79 bits per heavy atom. The van der Waals surface area contributed by atoms with Crippen molar-refractivity contribution in [1.29, 1.82) is 0 Å². The molecule has 0 atom stereocenters. The van der Waals surface area contributed by atoms with Gasteiger partial charge in [0, 0.05) is 11.6 Å². The van der Waals surface area contributed by atoms with Crippen molar-refractivity contribution in [3.8, 4) is 5.75 Å². The fourth-order valence-electron chi connectivity index (χ4n) is 2.89. The van der Waals surface area contributed by atoms with Gasteiger partial charge in [0.2, 0.25) is 0 Å². The van der Waals surface area contributed by atoms with E-state index in [1.807, 2.05) is 30.3 Å². The van der Waals surface area contributed by atoms with E-state index in [0.29, 0.717) is 16.8 Å². The number of hydrazone groups is 1. The Kier molecular flexibility index (Phi) is 4.36. The smallest absolute Gasteiger partial charge is 0.417 e. The Morgan fingerprint density at radius 2 is 1.96 bits per heavy atom. The molecule has 1 heterocycles. The van der Waals surface area contributed by atoms with Crippen molar-refractivity contribution in [2.75, 3.05) is 7.11 Å². The van der Waals surface area contributed by atoms with Crippen LogP contribution < -0.4 is 15.3 Å². The van der Waals surface area contributed by atoms with Crippen molar-refractivity contribution < 1.29 is 17.6 Å². The lowest BCUT2D eigenvalue weighted by Gasteiger charge is -2.08. The number of benzene rings is 3. The molecule has 28 heavy (non-hydrogen) atoms. The minimum absolute atomic E-state index is 0.0789. The van der Waals surface area contributed by atoms with Gasteiger partial charge in [-0.3, -0.25) is 4.98 Å². The summed E-state index contributed by atoms with van der Waals surface area (Å²) in [4.78, 5) is 15.8. The number of rotatable bonds is 5. The molecule has 2 N–H and O–H groups in total. The van der Waals surface area contributed by atoms with E-state index in [-0.39, 0.29) is 10.5 Å². The number of nitrogens with one attached hydrogen (secondary N) is 2. The Bertz CT molecular complexity index is 1370. The molecular weight excluding hydrogens is 382 g/mol. The average Bonchev–Trinajstić information content (AvgIpc) is 3.07. The molecule has 4 aromatic rings. The topological polar surface area (TPSA) is 114 Å². The number of H-pyrrole nitrogens is 1. The molecule has 0 bridgehead atoms. The summed E-state index contributed by atoms with van der Waals surface area (Å²) < 4.78 is 35.3. The quantitative estimate of drug-likeness (QED) is 0.397. The normalized spacial score (nSPS) is 12.0. The van der Waals surface area contributed by atoms with Crippen LogP contribution in [-0.4, -0.2) is 26.7 Å². The molecule has 9 heteroatoms. The van der Waals surface area contributed by atoms with E-state index in [9.17, 15) is 13.2 Å². The Labute approximate surface area is 159 Å². The molecule has 8 nitrogen and oxygen atoms in total. The van der Waals surface area contributed by atoms with Gasteiger partial charge in [-0.2, -0.15) is 13.5 Å². The van der Waals surface area contributed by atoms with Gasteiger partial charge in [0.05, 0.1) is 23.7 Å². The number of methoxy groups -OCH3 is 1. The maximum atomic E-state index is 12.5. The number of aromatic nitrogens is 1. The van der Waals surface area contributed by atoms with Crippen molar-refractivity contribution in [3.05, 3.63) is 70.7 Å². The van der Waals surface area contributed by atoms with Crippen LogP contribution in [0, 0.1) is 0 Å². The summed E-state index contributed by atoms with van der Waals surface area (Å²) in [5, 5.41) is 5.74. The lowest BCUT2D eigenvalue weighted by molar-refractivity contribution is 0.415. The first-order valence-corrected chi connectivity index (χ1v) is 9.70. The second-order valence-corrected chi connectivity index (χ2v) is 7.59. The Morgan fingerprint density at radius 1 is 1.14 bits per heavy atom. The molecule has 0 aliphatic carbocycles. The van der Waals surface area contributed by atoms with Crippen molar-refractivity contribution in [1.82, 2.24) is 9.82 Å². The number of sulfonamides is 1. The second-order valence-electron chi connectivity index (χ2n) is 5.93. The van der Waals surface area contributed by atoms with Crippen LogP contribution in [0.25, 0.3) is 21.9 Å². The molecule has 142 valence electrons. The summed E-state index contributed by atoms with van der Waals surface area (Å²) in [5.41, 5.74) is 1.20. The van der Waals surface area contributed by atoms with Gasteiger partial charge < -0.3 is 9.15 Å². The number of ether oxygens (including phenoxy) is 1. The molecule has 0 amide bonds. The molecular formula is C19H15N3O5S. The van der Waals surface area contributed by atoms with Gasteiger partial charge in [-0.05, 0) is 29.0 Å². The third-order valence-electron chi connectivity index (χ3n) is 4.22. The van der Waals surface area contributed by atoms with E-state index in [1.54, 1.807) is 6.07 Å². The third-order valence-corrected chi connectivity index (χ3v) is 5.44. The van der Waals surface area contributed by atoms with Crippen LogP contribution in [0.4, 0.5) is 0 Å². The SMILES string of the molecule is COc1ccc2ccccc2c1/C=N/NS(=O)(=O)c1ccc2[nH]c(=O)oc2c1. The summed E-state index contributed by atoms with van der Waals surface area (Å²) in [6, 6.07) is 15.4. The van der Waals surface area contributed by atoms with E-state index in [0.717, 1.165) is 10.8 Å². The van der Waals surface area contributed by atoms with Crippen LogP contribution in [0.5, 0.6) is 5.75 Å². The molecule has 0 unspecified atom stereocenters. The van der Waals surface area contributed by atoms with E-state index < -0.39 is 15.8 Å². The number of fused-ring (bicyclic) bond motifs is 2. The highest BCUT2D eigenvalue weighted by molar-refractivity contribution is 7.89. The van der Waals surface area contributed by atoms with Crippen molar-refractivity contribution >= 4 is 38.1 Å². The van der Waals surface area contributed by atoms with Crippen LogP contribution >= 0.6 is 0 Å². The monoisotopic (exact) mass is 397 g/mol. The molecule has 0 fully saturated rings. The lowest BCUT2D eigenvalue weighted by atomic mass is 10.0. The van der Waals surface area contributed by atoms with Gasteiger partial charge in [-0.15, -0.1) is 0 Å². The van der Waals surface area contributed by atoms with Crippen molar-refractivity contribution in [2.24, 2.45) is 5.10 Å². The van der Waals surface area contributed by atoms with Crippen LogP contribution in [0.1, 0.15) is 5.56 Å². The molecule has 0 aliphatic heterocycles. The molecule has 0 saturated carbocycles. The van der Waals surface area contributed by atoms with E-state index in [2.05, 4.69) is 14.9 Å². The third kappa shape index (κ3) is 3.23. The highest BCUT2D eigenvalue weighted by Crippen LogP contribution is 2.26. The summed E-state index contributed by atoms with van der Waals surface area (Å²) in [5.74, 6) is -0.0873. The minimum Gasteiger partial charge on any atom is -0.496 e. The number of oxazole rings is 1. The van der Waals surface area contributed by atoms with Crippen LogP contribution in [0.15, 0.2) is 73.8 Å². The fraction of sp³-hybridized carbons (Fsp3) is 0.0526. The van der Waals surface area contributed by atoms with Crippen molar-refractivity contribution in [2.45, 2.75) is 4.90 Å². The summed E-state index contributed by atoms with van der Waals surface area (Å²) in [7, 11) is -2.42. The van der Waals surface area contributed by atoms with Crippen molar-refractivity contribution in [3.63, 3.8) is 0 Å². The predicted octanol–water partition coefficient (Wildman–Crippen LogP) is 2.60. The molecule has 3 aromatic carbocycles. The predicted molar refractivity (Wildman–Crippen MR) is 105 cm³/mol. The molecule has 0 radical (unpaired) electrons. The zero-order valence-corrected chi connectivity index (χ0v) is 15.5. The van der Waals surface area contributed by atoms with Crippen LogP contribution in [0.3, 0.4) is 0 Å².